The Kier molecular flexibility index (Phi) is 3.56. The SMILES string of the molecule is Cc1ccc2c(c1)nc(CN(C)C)n2C(C)(C)C(=O)O. The number of carboxylic acids is 1. The van der Waals surface area contributed by atoms with Crippen molar-refractivity contribution in [2.75, 3.05) is 14.1 Å². The number of nitrogens with zero attached hydrogens (tertiary/aromatic N) is 3. The van der Waals surface area contributed by atoms with Crippen LogP contribution in [0.4, 0.5) is 0 Å². The van der Waals surface area contributed by atoms with Crippen LogP contribution in [0.2, 0.25) is 0 Å². The molecule has 0 atom stereocenters. The van der Waals surface area contributed by atoms with E-state index in [1.807, 2.05) is 48.7 Å². The fourth-order valence-corrected chi connectivity index (χ4v) is 2.35. The van der Waals surface area contributed by atoms with Crippen LogP contribution >= 0.6 is 0 Å². The average molecular weight is 275 g/mol. The number of rotatable bonds is 4. The van der Waals surface area contributed by atoms with E-state index in [4.69, 9.17) is 0 Å². The molecule has 108 valence electrons. The van der Waals surface area contributed by atoms with Crippen LogP contribution in [-0.2, 0) is 16.9 Å². The van der Waals surface area contributed by atoms with Crippen LogP contribution in [0.1, 0.15) is 25.2 Å². The van der Waals surface area contributed by atoms with Gasteiger partial charge in [0.2, 0.25) is 0 Å². The fourth-order valence-electron chi connectivity index (χ4n) is 2.35. The Balaban J connectivity index is 2.74. The summed E-state index contributed by atoms with van der Waals surface area (Å²) in [6, 6.07) is 5.92. The first-order chi connectivity index (χ1) is 9.23. The number of aromatic nitrogens is 2. The van der Waals surface area contributed by atoms with Gasteiger partial charge in [0.25, 0.3) is 0 Å². The van der Waals surface area contributed by atoms with Gasteiger partial charge in [-0.15, -0.1) is 0 Å². The Bertz CT molecular complexity index is 656. The zero-order chi connectivity index (χ0) is 15.1. The van der Waals surface area contributed by atoms with Gasteiger partial charge >= 0.3 is 5.97 Å². The molecule has 1 N–H and O–H groups in total. The van der Waals surface area contributed by atoms with E-state index in [1.54, 1.807) is 13.8 Å². The van der Waals surface area contributed by atoms with E-state index in [9.17, 15) is 9.90 Å². The molecule has 0 fully saturated rings. The third-order valence-electron chi connectivity index (χ3n) is 3.42. The van der Waals surface area contributed by atoms with E-state index in [-0.39, 0.29) is 0 Å². The zero-order valence-corrected chi connectivity index (χ0v) is 12.6. The molecule has 2 aromatic rings. The summed E-state index contributed by atoms with van der Waals surface area (Å²) in [6.45, 7) is 6.02. The van der Waals surface area contributed by atoms with Gasteiger partial charge in [-0.2, -0.15) is 0 Å². The van der Waals surface area contributed by atoms with E-state index in [1.165, 1.54) is 0 Å². The van der Waals surface area contributed by atoms with E-state index >= 15 is 0 Å². The van der Waals surface area contributed by atoms with Crippen LogP contribution in [0.5, 0.6) is 0 Å². The monoisotopic (exact) mass is 275 g/mol. The molecule has 1 aromatic carbocycles. The van der Waals surface area contributed by atoms with Crippen LogP contribution in [0.15, 0.2) is 18.2 Å². The second kappa shape index (κ2) is 4.90. The number of carboxylic acid groups (broad SMARTS) is 1. The number of hydrogen-bond donors (Lipinski definition) is 1. The minimum Gasteiger partial charge on any atom is -0.480 e. The third kappa shape index (κ3) is 2.41. The molecule has 0 unspecified atom stereocenters. The second-order valence-electron chi connectivity index (χ2n) is 5.96. The van der Waals surface area contributed by atoms with Gasteiger partial charge in [-0.1, -0.05) is 6.07 Å². The number of benzene rings is 1. The number of fused-ring (bicyclic) bond motifs is 1. The molecule has 0 radical (unpaired) electrons. The predicted molar refractivity (Wildman–Crippen MR) is 78.8 cm³/mol. The Morgan fingerprint density at radius 1 is 1.40 bits per heavy atom. The number of aryl methyl sites for hydroxylation is 1. The maximum absolute atomic E-state index is 11.6. The molecule has 0 spiro atoms. The van der Waals surface area contributed by atoms with Crippen molar-refractivity contribution in [3.63, 3.8) is 0 Å². The topological polar surface area (TPSA) is 58.4 Å². The highest BCUT2D eigenvalue weighted by Crippen LogP contribution is 2.27. The van der Waals surface area contributed by atoms with Crippen molar-refractivity contribution >= 4 is 17.0 Å². The van der Waals surface area contributed by atoms with Gasteiger partial charge in [0.15, 0.2) is 0 Å². The van der Waals surface area contributed by atoms with E-state index in [0.29, 0.717) is 6.54 Å². The molecule has 2 rings (SSSR count). The van der Waals surface area contributed by atoms with Gasteiger partial charge in [0, 0.05) is 0 Å². The van der Waals surface area contributed by atoms with Crippen molar-refractivity contribution in [2.24, 2.45) is 0 Å². The Morgan fingerprint density at radius 3 is 2.60 bits per heavy atom. The van der Waals surface area contributed by atoms with E-state index in [0.717, 1.165) is 22.4 Å². The fraction of sp³-hybridized carbons (Fsp3) is 0.467. The summed E-state index contributed by atoms with van der Waals surface area (Å²) >= 11 is 0. The number of imidazole rings is 1. The first kappa shape index (κ1) is 14.5. The maximum atomic E-state index is 11.6. The first-order valence-electron chi connectivity index (χ1n) is 6.60. The Labute approximate surface area is 118 Å². The largest absolute Gasteiger partial charge is 0.480 e. The second-order valence-corrected chi connectivity index (χ2v) is 5.96. The summed E-state index contributed by atoms with van der Waals surface area (Å²) in [5.74, 6) is -0.0969. The minimum atomic E-state index is -1.03. The van der Waals surface area contributed by atoms with Gasteiger partial charge in [-0.3, -0.25) is 0 Å². The number of aliphatic carboxylic acids is 1. The van der Waals surface area contributed by atoms with Gasteiger partial charge in [-0.05, 0) is 52.6 Å². The Hall–Kier alpha value is -1.88. The van der Waals surface area contributed by atoms with Crippen LogP contribution in [0.3, 0.4) is 0 Å². The van der Waals surface area contributed by atoms with Crippen molar-refractivity contribution < 1.29 is 9.90 Å². The molecule has 0 amide bonds. The number of carbonyl (C=O) groups is 1. The highest BCUT2D eigenvalue weighted by Gasteiger charge is 2.33. The van der Waals surface area contributed by atoms with Crippen LogP contribution in [-0.4, -0.2) is 39.6 Å². The molecule has 1 heterocycles. The standard InChI is InChI=1S/C15H21N3O2/c1-10-6-7-12-11(8-10)16-13(9-17(4)5)18(12)15(2,3)14(19)20/h6-8H,9H2,1-5H3,(H,19,20). The lowest BCUT2D eigenvalue weighted by Gasteiger charge is -2.25. The minimum absolute atomic E-state index is 0.602. The van der Waals surface area contributed by atoms with Crippen molar-refractivity contribution in [1.82, 2.24) is 14.5 Å². The molecule has 0 aliphatic carbocycles. The van der Waals surface area contributed by atoms with Crippen molar-refractivity contribution in [2.45, 2.75) is 32.9 Å². The molecule has 0 aliphatic rings. The summed E-state index contributed by atoms with van der Waals surface area (Å²) in [7, 11) is 3.89. The molecule has 0 bridgehead atoms. The smallest absolute Gasteiger partial charge is 0.329 e. The lowest BCUT2D eigenvalue weighted by atomic mass is 10.0. The molecule has 0 saturated heterocycles. The lowest BCUT2D eigenvalue weighted by Crippen LogP contribution is -2.37. The lowest BCUT2D eigenvalue weighted by molar-refractivity contribution is -0.145. The highest BCUT2D eigenvalue weighted by molar-refractivity contribution is 5.83. The number of hydrogen-bond acceptors (Lipinski definition) is 3. The van der Waals surface area contributed by atoms with E-state index < -0.39 is 11.5 Å². The summed E-state index contributed by atoms with van der Waals surface area (Å²) in [6.07, 6.45) is 0. The molecule has 1 aromatic heterocycles. The zero-order valence-electron chi connectivity index (χ0n) is 12.6. The highest BCUT2D eigenvalue weighted by atomic mass is 16.4. The first-order valence-corrected chi connectivity index (χ1v) is 6.60. The quantitative estimate of drug-likeness (QED) is 0.929. The van der Waals surface area contributed by atoms with Crippen LogP contribution in [0, 0.1) is 6.92 Å². The normalized spacial score (nSPS) is 12.3. The van der Waals surface area contributed by atoms with Gasteiger partial charge in [-0.25, -0.2) is 9.78 Å². The molecule has 0 aliphatic heterocycles. The predicted octanol–water partition coefficient (Wildman–Crippen LogP) is 2.23. The molecular formula is C15H21N3O2. The van der Waals surface area contributed by atoms with Gasteiger partial charge in [0.05, 0.1) is 17.6 Å². The summed E-state index contributed by atoms with van der Waals surface area (Å²) in [5.41, 5.74) is 1.79. The average Bonchev–Trinajstić information content (AvgIpc) is 2.64. The third-order valence-corrected chi connectivity index (χ3v) is 3.42. The molecule has 0 saturated carbocycles. The van der Waals surface area contributed by atoms with Gasteiger partial charge in [0.1, 0.15) is 11.4 Å². The van der Waals surface area contributed by atoms with Crippen molar-refractivity contribution in [3.05, 3.63) is 29.6 Å². The molecule has 5 nitrogen and oxygen atoms in total. The van der Waals surface area contributed by atoms with Crippen molar-refractivity contribution in [3.8, 4) is 0 Å². The Morgan fingerprint density at radius 2 is 2.05 bits per heavy atom. The molecule has 20 heavy (non-hydrogen) atoms. The van der Waals surface area contributed by atoms with Crippen LogP contribution in [0.25, 0.3) is 11.0 Å². The summed E-state index contributed by atoms with van der Waals surface area (Å²) in [4.78, 5) is 18.2. The molecule has 5 heteroatoms. The van der Waals surface area contributed by atoms with Crippen molar-refractivity contribution in [1.29, 1.82) is 0 Å². The van der Waals surface area contributed by atoms with E-state index in [2.05, 4.69) is 4.98 Å². The summed E-state index contributed by atoms with van der Waals surface area (Å²) in [5, 5.41) is 9.52. The van der Waals surface area contributed by atoms with Crippen LogP contribution < -0.4 is 0 Å². The molecular weight excluding hydrogens is 254 g/mol. The van der Waals surface area contributed by atoms with Gasteiger partial charge < -0.3 is 14.6 Å². The maximum Gasteiger partial charge on any atom is 0.329 e. The summed E-state index contributed by atoms with van der Waals surface area (Å²) < 4.78 is 1.82.